The normalized spacial score (nSPS) is 9.30. The first-order chi connectivity index (χ1) is 9.33. The van der Waals surface area contributed by atoms with E-state index in [2.05, 4.69) is 0 Å². The molecule has 1 rings (SSSR count). The van der Waals surface area contributed by atoms with E-state index in [-0.39, 0.29) is 22.8 Å². The number of carbonyl (C=O) groups excluding carboxylic acids is 3. The summed E-state index contributed by atoms with van der Waals surface area (Å²) in [5.74, 6) is -2.64. The van der Waals surface area contributed by atoms with E-state index in [0.717, 1.165) is 20.8 Å². The molecule has 0 fully saturated rings. The smallest absolute Gasteiger partial charge is 0.308 e. The van der Waals surface area contributed by atoms with Crippen molar-refractivity contribution >= 4 is 17.9 Å². The second-order valence-corrected chi connectivity index (χ2v) is 3.69. The number of nitrogens with zero attached hydrogens (tertiary/aromatic N) is 1. The van der Waals surface area contributed by atoms with E-state index in [0.29, 0.717) is 0 Å². The number of benzene rings is 1. The van der Waals surface area contributed by atoms with Crippen molar-refractivity contribution in [2.24, 2.45) is 0 Å². The largest absolute Gasteiger partial charge is 0.423 e. The Morgan fingerprint density at radius 3 is 1.60 bits per heavy atom. The zero-order chi connectivity index (χ0) is 15.3. The SMILES string of the molecule is CC(=O)Oc1cc(C#N)cc(OC(C)=O)c1OC(C)=O. The number of hydrogen-bond acceptors (Lipinski definition) is 7. The van der Waals surface area contributed by atoms with Crippen molar-refractivity contribution in [2.45, 2.75) is 20.8 Å². The molecule has 0 aliphatic carbocycles. The summed E-state index contributed by atoms with van der Waals surface area (Å²) in [5.41, 5.74) is 0.0772. The van der Waals surface area contributed by atoms with Gasteiger partial charge >= 0.3 is 17.9 Å². The summed E-state index contributed by atoms with van der Waals surface area (Å²) in [5, 5.41) is 8.89. The van der Waals surface area contributed by atoms with Gasteiger partial charge in [0.25, 0.3) is 0 Å². The third-order valence-electron chi connectivity index (χ3n) is 1.90. The van der Waals surface area contributed by atoms with E-state index < -0.39 is 17.9 Å². The van der Waals surface area contributed by atoms with Crippen LogP contribution in [0.4, 0.5) is 0 Å². The molecule has 104 valence electrons. The molecule has 7 heteroatoms. The average molecular weight is 277 g/mol. The quantitative estimate of drug-likeness (QED) is 0.606. The maximum absolute atomic E-state index is 11.1. The average Bonchev–Trinajstić information content (AvgIpc) is 2.30. The van der Waals surface area contributed by atoms with Crippen LogP contribution in [0.2, 0.25) is 0 Å². The van der Waals surface area contributed by atoms with E-state index in [4.69, 9.17) is 19.5 Å². The molecule has 1 aromatic carbocycles. The Kier molecular flexibility index (Phi) is 4.81. The van der Waals surface area contributed by atoms with Crippen LogP contribution >= 0.6 is 0 Å². The van der Waals surface area contributed by atoms with Gasteiger partial charge in [-0.3, -0.25) is 14.4 Å². The topological polar surface area (TPSA) is 103 Å². The molecular formula is C13H11NO6. The highest BCUT2D eigenvalue weighted by Crippen LogP contribution is 2.39. The molecule has 0 spiro atoms. The second-order valence-electron chi connectivity index (χ2n) is 3.69. The molecule has 0 N–H and O–H groups in total. The zero-order valence-electron chi connectivity index (χ0n) is 11.1. The van der Waals surface area contributed by atoms with Crippen LogP contribution in [-0.4, -0.2) is 17.9 Å². The fraction of sp³-hybridized carbons (Fsp3) is 0.231. The summed E-state index contributed by atoms with van der Waals surface area (Å²) in [6.45, 7) is 3.41. The van der Waals surface area contributed by atoms with Gasteiger partial charge in [0.1, 0.15) is 0 Å². The lowest BCUT2D eigenvalue weighted by atomic mass is 10.2. The molecular weight excluding hydrogens is 266 g/mol. The molecule has 7 nitrogen and oxygen atoms in total. The molecule has 0 bridgehead atoms. The minimum absolute atomic E-state index is 0.0772. The highest BCUT2D eigenvalue weighted by molar-refractivity contribution is 5.78. The van der Waals surface area contributed by atoms with Gasteiger partial charge in [0.05, 0.1) is 11.6 Å². The number of hydrogen-bond donors (Lipinski definition) is 0. The van der Waals surface area contributed by atoms with Gasteiger partial charge < -0.3 is 14.2 Å². The van der Waals surface area contributed by atoms with Crippen molar-refractivity contribution in [1.82, 2.24) is 0 Å². The van der Waals surface area contributed by atoms with Gasteiger partial charge in [-0.2, -0.15) is 5.26 Å². The van der Waals surface area contributed by atoms with Crippen LogP contribution in [0.1, 0.15) is 26.3 Å². The van der Waals surface area contributed by atoms with E-state index in [1.54, 1.807) is 0 Å². The maximum Gasteiger partial charge on any atom is 0.308 e. The molecule has 0 saturated heterocycles. The monoisotopic (exact) mass is 277 g/mol. The summed E-state index contributed by atoms with van der Waals surface area (Å²) in [6.07, 6.45) is 0. The van der Waals surface area contributed by atoms with Gasteiger partial charge in [-0.25, -0.2) is 0 Å². The fourth-order valence-corrected chi connectivity index (χ4v) is 1.35. The zero-order valence-corrected chi connectivity index (χ0v) is 11.1. The fourth-order valence-electron chi connectivity index (χ4n) is 1.35. The van der Waals surface area contributed by atoms with Gasteiger partial charge in [-0.15, -0.1) is 0 Å². The lowest BCUT2D eigenvalue weighted by Gasteiger charge is -2.13. The van der Waals surface area contributed by atoms with E-state index >= 15 is 0 Å². The highest BCUT2D eigenvalue weighted by Gasteiger charge is 2.19. The maximum atomic E-state index is 11.1. The van der Waals surface area contributed by atoms with Crippen LogP contribution in [0, 0.1) is 11.3 Å². The van der Waals surface area contributed by atoms with Gasteiger partial charge in [-0.05, 0) is 0 Å². The predicted octanol–water partition coefficient (Wildman–Crippen LogP) is 1.33. The Morgan fingerprint density at radius 1 is 0.900 bits per heavy atom. The van der Waals surface area contributed by atoms with E-state index in [1.165, 1.54) is 12.1 Å². The molecule has 0 radical (unpaired) electrons. The molecule has 0 unspecified atom stereocenters. The standard InChI is InChI=1S/C13H11NO6/c1-7(15)18-11-4-10(6-14)5-12(19-8(2)16)13(11)20-9(3)17/h4-5H,1-3H3. The number of nitriles is 1. The van der Waals surface area contributed by atoms with Crippen LogP contribution < -0.4 is 14.2 Å². The molecule has 1 aromatic rings. The van der Waals surface area contributed by atoms with Crippen LogP contribution in [0.5, 0.6) is 17.2 Å². The van der Waals surface area contributed by atoms with Crippen molar-refractivity contribution < 1.29 is 28.6 Å². The second kappa shape index (κ2) is 6.33. The molecule has 0 aliphatic rings. The third-order valence-corrected chi connectivity index (χ3v) is 1.90. The van der Waals surface area contributed by atoms with E-state index in [1.807, 2.05) is 6.07 Å². The van der Waals surface area contributed by atoms with Crippen LogP contribution in [0.3, 0.4) is 0 Å². The van der Waals surface area contributed by atoms with Crippen molar-refractivity contribution in [2.75, 3.05) is 0 Å². The van der Waals surface area contributed by atoms with Gasteiger partial charge in [0.15, 0.2) is 11.5 Å². The number of esters is 3. The molecule has 0 atom stereocenters. The first-order valence-corrected chi connectivity index (χ1v) is 5.47. The molecule has 0 aromatic heterocycles. The summed E-state index contributed by atoms with van der Waals surface area (Å²) in [7, 11) is 0. The van der Waals surface area contributed by atoms with Crippen LogP contribution in [-0.2, 0) is 14.4 Å². The Balaban J connectivity index is 3.44. The first kappa shape index (κ1) is 15.2. The number of rotatable bonds is 3. The minimum atomic E-state index is -0.698. The third kappa shape index (κ3) is 4.10. The summed E-state index contributed by atoms with van der Waals surface area (Å²) in [6, 6.07) is 4.21. The predicted molar refractivity (Wildman–Crippen MR) is 65.1 cm³/mol. The van der Waals surface area contributed by atoms with Gasteiger partial charge in [-0.1, -0.05) is 0 Å². The van der Waals surface area contributed by atoms with Crippen molar-refractivity contribution in [3.63, 3.8) is 0 Å². The first-order valence-electron chi connectivity index (χ1n) is 5.47. The molecule has 0 saturated carbocycles. The Hall–Kier alpha value is -2.88. The molecule has 0 heterocycles. The summed E-state index contributed by atoms with van der Waals surface area (Å²) >= 11 is 0. The summed E-state index contributed by atoms with van der Waals surface area (Å²) < 4.78 is 14.6. The Morgan fingerprint density at radius 2 is 1.30 bits per heavy atom. The van der Waals surface area contributed by atoms with Gasteiger partial charge in [0, 0.05) is 32.9 Å². The molecule has 20 heavy (non-hydrogen) atoms. The highest BCUT2D eigenvalue weighted by atomic mass is 16.6. The van der Waals surface area contributed by atoms with Crippen LogP contribution in [0.15, 0.2) is 12.1 Å². The van der Waals surface area contributed by atoms with Crippen molar-refractivity contribution in [3.8, 4) is 23.3 Å². The Labute approximate surface area is 114 Å². The van der Waals surface area contributed by atoms with Gasteiger partial charge in [0.2, 0.25) is 5.75 Å². The lowest BCUT2D eigenvalue weighted by molar-refractivity contribution is -0.135. The number of carbonyl (C=O) groups is 3. The van der Waals surface area contributed by atoms with Crippen molar-refractivity contribution in [3.05, 3.63) is 17.7 Å². The Bertz CT molecular complexity index is 577. The molecule has 0 aliphatic heterocycles. The lowest BCUT2D eigenvalue weighted by Crippen LogP contribution is -2.10. The van der Waals surface area contributed by atoms with E-state index in [9.17, 15) is 14.4 Å². The summed E-state index contributed by atoms with van der Waals surface area (Å²) in [4.78, 5) is 33.1. The number of ether oxygens (including phenoxy) is 3. The molecule has 0 amide bonds. The van der Waals surface area contributed by atoms with Crippen LogP contribution in [0.25, 0.3) is 0 Å². The minimum Gasteiger partial charge on any atom is -0.423 e. The van der Waals surface area contributed by atoms with Crippen molar-refractivity contribution in [1.29, 1.82) is 5.26 Å².